The van der Waals surface area contributed by atoms with Gasteiger partial charge in [0.2, 0.25) is 0 Å². The second-order valence-corrected chi connectivity index (χ2v) is 10.3. The molecular formula is C28H31F3N2O4. The number of carboxylic acid groups (broad SMARTS) is 1. The molecule has 2 aromatic carbocycles. The van der Waals surface area contributed by atoms with Crippen LogP contribution in [0.4, 0.5) is 13.2 Å². The zero-order valence-corrected chi connectivity index (χ0v) is 21.0. The van der Waals surface area contributed by atoms with Crippen molar-refractivity contribution in [3.8, 4) is 5.75 Å². The smallest absolute Gasteiger partial charge is 0.416 e. The number of hydrogen-bond donors (Lipinski definition) is 1. The number of hydrazone groups is 1. The second kappa shape index (κ2) is 10.2. The van der Waals surface area contributed by atoms with Gasteiger partial charge in [-0.05, 0) is 81.3 Å². The number of aliphatic carboxylic acids is 1. The molecule has 37 heavy (non-hydrogen) atoms. The van der Waals surface area contributed by atoms with Crippen molar-refractivity contribution >= 4 is 17.6 Å². The normalized spacial score (nSPS) is 17.4. The fourth-order valence-corrected chi connectivity index (χ4v) is 5.03. The highest BCUT2D eigenvalue weighted by molar-refractivity contribution is 6.12. The van der Waals surface area contributed by atoms with Gasteiger partial charge in [-0.25, -0.2) is 9.80 Å². The zero-order valence-electron chi connectivity index (χ0n) is 21.0. The van der Waals surface area contributed by atoms with Crippen molar-refractivity contribution < 1.29 is 32.6 Å². The number of ether oxygens (including phenoxy) is 1. The number of benzene rings is 2. The molecule has 1 heterocycles. The van der Waals surface area contributed by atoms with E-state index in [1.165, 1.54) is 31.0 Å². The molecule has 0 aromatic heterocycles. The van der Waals surface area contributed by atoms with Crippen LogP contribution in [0.2, 0.25) is 0 Å². The van der Waals surface area contributed by atoms with Gasteiger partial charge in [0, 0.05) is 0 Å². The lowest BCUT2D eigenvalue weighted by Crippen LogP contribution is -2.37. The van der Waals surface area contributed by atoms with Gasteiger partial charge in [-0.15, -0.1) is 0 Å². The van der Waals surface area contributed by atoms with Gasteiger partial charge in [-0.2, -0.15) is 18.3 Å². The third-order valence-electron chi connectivity index (χ3n) is 7.20. The first kappa shape index (κ1) is 26.7. The summed E-state index contributed by atoms with van der Waals surface area (Å²) >= 11 is 0. The summed E-state index contributed by atoms with van der Waals surface area (Å²) < 4.78 is 44.2. The van der Waals surface area contributed by atoms with Crippen molar-refractivity contribution in [3.05, 3.63) is 65.2 Å². The van der Waals surface area contributed by atoms with E-state index < -0.39 is 28.7 Å². The summed E-state index contributed by atoms with van der Waals surface area (Å²) in [6, 6.07) is 12.2. The van der Waals surface area contributed by atoms with E-state index in [1.807, 2.05) is 12.1 Å². The monoisotopic (exact) mass is 516 g/mol. The van der Waals surface area contributed by atoms with Crippen LogP contribution in [0.1, 0.15) is 69.1 Å². The maximum Gasteiger partial charge on any atom is 0.416 e. The predicted molar refractivity (Wildman–Crippen MR) is 132 cm³/mol. The maximum absolute atomic E-state index is 13.4. The highest BCUT2D eigenvalue weighted by Crippen LogP contribution is 2.46. The van der Waals surface area contributed by atoms with E-state index >= 15 is 0 Å². The lowest BCUT2D eigenvalue weighted by molar-refractivity contribution is -0.152. The van der Waals surface area contributed by atoms with Gasteiger partial charge < -0.3 is 9.84 Å². The number of carbonyl (C=O) groups excluding carboxylic acids is 1. The first-order chi connectivity index (χ1) is 17.4. The van der Waals surface area contributed by atoms with Gasteiger partial charge in [0.25, 0.3) is 5.91 Å². The molecule has 1 fully saturated rings. The van der Waals surface area contributed by atoms with Crippen molar-refractivity contribution in [2.45, 2.75) is 77.1 Å². The first-order valence-electron chi connectivity index (χ1n) is 12.5. The van der Waals surface area contributed by atoms with Crippen LogP contribution in [0.5, 0.6) is 5.75 Å². The quantitative estimate of drug-likeness (QED) is 0.429. The topological polar surface area (TPSA) is 79.2 Å². The predicted octanol–water partition coefficient (Wildman–Crippen LogP) is 6.23. The van der Waals surface area contributed by atoms with Crippen LogP contribution < -0.4 is 4.74 Å². The number of hydrogen-bond acceptors (Lipinski definition) is 4. The number of aryl methyl sites for hydroxylation is 1. The molecule has 0 bridgehead atoms. The average molecular weight is 517 g/mol. The average Bonchev–Trinajstić information content (AvgIpc) is 3.42. The molecule has 1 spiro atoms. The summed E-state index contributed by atoms with van der Waals surface area (Å²) in [5.41, 5.74) is -0.0983. The number of nitrogens with zero attached hydrogens (tertiary/aromatic N) is 2. The Morgan fingerprint density at radius 2 is 1.59 bits per heavy atom. The molecule has 1 aliphatic carbocycles. The van der Waals surface area contributed by atoms with Crippen LogP contribution in [-0.4, -0.2) is 33.3 Å². The summed E-state index contributed by atoms with van der Waals surface area (Å²) in [5.74, 6) is -0.621. The molecule has 0 atom stereocenters. The third kappa shape index (κ3) is 5.81. The van der Waals surface area contributed by atoms with Crippen molar-refractivity contribution in [2.75, 3.05) is 0 Å². The van der Waals surface area contributed by atoms with Crippen LogP contribution in [0.15, 0.2) is 53.6 Å². The van der Waals surface area contributed by atoms with Crippen molar-refractivity contribution in [2.24, 2.45) is 10.5 Å². The number of carbonyl (C=O) groups is 2. The van der Waals surface area contributed by atoms with Gasteiger partial charge in [0.1, 0.15) is 5.75 Å². The van der Waals surface area contributed by atoms with E-state index in [0.717, 1.165) is 61.9 Å². The van der Waals surface area contributed by atoms with Crippen LogP contribution in [-0.2, 0) is 28.7 Å². The van der Waals surface area contributed by atoms with E-state index in [-0.39, 0.29) is 12.5 Å². The Hall–Kier alpha value is -3.36. The molecule has 9 heteroatoms. The minimum Gasteiger partial charge on any atom is -0.478 e. The molecule has 4 rings (SSSR count). The van der Waals surface area contributed by atoms with Crippen LogP contribution in [0.25, 0.3) is 0 Å². The summed E-state index contributed by atoms with van der Waals surface area (Å²) in [6.07, 6.45) is 1.19. The minimum atomic E-state index is -4.40. The van der Waals surface area contributed by atoms with E-state index in [2.05, 4.69) is 5.10 Å². The Balaban J connectivity index is 1.40. The third-order valence-corrected chi connectivity index (χ3v) is 7.20. The fourth-order valence-electron chi connectivity index (χ4n) is 5.03. The molecule has 1 N–H and O–H groups in total. The van der Waals surface area contributed by atoms with E-state index in [4.69, 9.17) is 4.74 Å². The van der Waals surface area contributed by atoms with Gasteiger partial charge >= 0.3 is 12.1 Å². The summed E-state index contributed by atoms with van der Waals surface area (Å²) in [4.78, 5) is 24.6. The van der Waals surface area contributed by atoms with Crippen LogP contribution in [0.3, 0.4) is 0 Å². The van der Waals surface area contributed by atoms with Crippen molar-refractivity contribution in [3.63, 3.8) is 0 Å². The Labute approximate surface area is 214 Å². The van der Waals surface area contributed by atoms with Gasteiger partial charge in [0.05, 0.1) is 23.2 Å². The SMILES string of the molecule is CC(C)(Oc1ccc(CCCC2=NN(Cc3ccc(C(F)(F)F)cc3)C(=O)C23CCCC3)cc1)C(=O)O. The highest BCUT2D eigenvalue weighted by Gasteiger charge is 2.51. The minimum absolute atomic E-state index is 0.0533. The Bertz CT molecular complexity index is 1170. The van der Waals surface area contributed by atoms with Crippen LogP contribution >= 0.6 is 0 Å². The number of amides is 1. The molecule has 1 aliphatic heterocycles. The molecule has 198 valence electrons. The number of rotatable bonds is 9. The molecule has 6 nitrogen and oxygen atoms in total. The number of carboxylic acids is 1. The zero-order chi connectivity index (χ0) is 26.8. The molecule has 2 aromatic rings. The van der Waals surface area contributed by atoms with Crippen LogP contribution in [0, 0.1) is 5.41 Å². The molecule has 0 saturated heterocycles. The van der Waals surface area contributed by atoms with E-state index in [9.17, 15) is 27.9 Å². The molecule has 0 radical (unpaired) electrons. The van der Waals surface area contributed by atoms with E-state index in [1.54, 1.807) is 12.1 Å². The lowest BCUT2D eigenvalue weighted by Gasteiger charge is -2.24. The highest BCUT2D eigenvalue weighted by atomic mass is 19.4. The van der Waals surface area contributed by atoms with Crippen molar-refractivity contribution in [1.82, 2.24) is 5.01 Å². The fraction of sp³-hybridized carbons (Fsp3) is 0.464. The molecule has 2 aliphatic rings. The van der Waals surface area contributed by atoms with Gasteiger partial charge in [-0.3, -0.25) is 4.79 Å². The van der Waals surface area contributed by atoms with Gasteiger partial charge in [-0.1, -0.05) is 37.1 Å². The van der Waals surface area contributed by atoms with Crippen molar-refractivity contribution in [1.29, 1.82) is 0 Å². The van der Waals surface area contributed by atoms with Gasteiger partial charge in [0.15, 0.2) is 5.60 Å². The first-order valence-corrected chi connectivity index (χ1v) is 12.5. The Morgan fingerprint density at radius 1 is 1.00 bits per heavy atom. The molecule has 0 unspecified atom stereocenters. The summed E-state index contributed by atoms with van der Waals surface area (Å²) in [5, 5.41) is 15.3. The maximum atomic E-state index is 13.4. The second-order valence-electron chi connectivity index (χ2n) is 10.3. The standard InChI is InChI=1S/C28H31F3N2O4/c1-26(2,25(35)36)37-22-14-10-19(11-15-22)6-5-7-23-27(16-3-4-17-27)24(34)33(32-23)18-20-8-12-21(13-9-20)28(29,30)31/h8-15H,3-7,16-18H2,1-2H3,(H,35,36). The molecule has 1 amide bonds. The Kier molecular flexibility index (Phi) is 7.35. The number of halogens is 3. The van der Waals surface area contributed by atoms with E-state index in [0.29, 0.717) is 17.7 Å². The Morgan fingerprint density at radius 3 is 2.16 bits per heavy atom. The molecule has 1 saturated carbocycles. The summed E-state index contributed by atoms with van der Waals surface area (Å²) in [6.45, 7) is 3.13. The molecular weight excluding hydrogens is 485 g/mol. The number of alkyl halides is 3. The largest absolute Gasteiger partial charge is 0.478 e. The summed E-state index contributed by atoms with van der Waals surface area (Å²) in [7, 11) is 0. The lowest BCUT2D eigenvalue weighted by atomic mass is 9.79.